The molecule has 3 nitrogen and oxygen atoms in total. The molecule has 0 aliphatic heterocycles. The van der Waals surface area contributed by atoms with Crippen LogP contribution in [0.2, 0.25) is 0 Å². The van der Waals surface area contributed by atoms with Crippen molar-refractivity contribution in [2.45, 2.75) is 64.0 Å². The van der Waals surface area contributed by atoms with Gasteiger partial charge in [-0.05, 0) is 91.8 Å². The number of benzene rings is 1. The summed E-state index contributed by atoms with van der Waals surface area (Å²) < 4.78 is 5.89. The monoisotopic (exact) mass is 395 g/mol. The van der Waals surface area contributed by atoms with Crippen molar-refractivity contribution in [1.29, 1.82) is 0 Å². The number of ether oxygens (including phenoxy) is 1. The molecule has 1 aromatic heterocycles. The van der Waals surface area contributed by atoms with Gasteiger partial charge in [0.05, 0.1) is 4.88 Å². The van der Waals surface area contributed by atoms with Crippen molar-refractivity contribution in [1.82, 2.24) is 5.32 Å². The molecule has 4 bridgehead atoms. The summed E-state index contributed by atoms with van der Waals surface area (Å²) in [7, 11) is 0. The number of amides is 1. The van der Waals surface area contributed by atoms with E-state index in [1.54, 1.807) is 0 Å². The Morgan fingerprint density at radius 3 is 2.32 bits per heavy atom. The van der Waals surface area contributed by atoms with Crippen LogP contribution in [0.1, 0.15) is 66.2 Å². The molecule has 0 unspecified atom stereocenters. The summed E-state index contributed by atoms with van der Waals surface area (Å²) in [6.07, 6.45) is 8.81. The third-order valence-electron chi connectivity index (χ3n) is 7.03. The van der Waals surface area contributed by atoms with Gasteiger partial charge in [-0.2, -0.15) is 0 Å². The maximum atomic E-state index is 12.9. The van der Waals surface area contributed by atoms with E-state index in [9.17, 15) is 4.79 Å². The van der Waals surface area contributed by atoms with Crippen LogP contribution in [0.15, 0.2) is 35.7 Å². The van der Waals surface area contributed by atoms with Gasteiger partial charge in [-0.3, -0.25) is 4.79 Å². The Bertz CT molecular complexity index is 818. The molecule has 28 heavy (non-hydrogen) atoms. The van der Waals surface area contributed by atoms with Crippen LogP contribution in [0.25, 0.3) is 0 Å². The third-order valence-corrected chi connectivity index (χ3v) is 8.01. The fourth-order valence-electron chi connectivity index (χ4n) is 6.12. The molecule has 4 aliphatic rings. The van der Waals surface area contributed by atoms with Gasteiger partial charge in [0.15, 0.2) is 0 Å². The molecule has 1 aromatic carbocycles. The van der Waals surface area contributed by atoms with E-state index in [-0.39, 0.29) is 11.4 Å². The second-order valence-corrected chi connectivity index (χ2v) is 10.2. The second kappa shape index (κ2) is 7.22. The molecule has 4 fully saturated rings. The van der Waals surface area contributed by atoms with Gasteiger partial charge in [0.2, 0.25) is 0 Å². The van der Waals surface area contributed by atoms with E-state index < -0.39 is 0 Å². The van der Waals surface area contributed by atoms with E-state index in [4.69, 9.17) is 4.74 Å². The second-order valence-electron chi connectivity index (χ2n) is 9.26. The van der Waals surface area contributed by atoms with Crippen molar-refractivity contribution in [2.24, 2.45) is 17.8 Å². The van der Waals surface area contributed by atoms with Gasteiger partial charge in [-0.1, -0.05) is 19.1 Å². The highest BCUT2D eigenvalue weighted by Gasteiger charge is 2.51. The molecule has 0 saturated heterocycles. The maximum Gasteiger partial charge on any atom is 0.261 e. The van der Waals surface area contributed by atoms with Crippen molar-refractivity contribution in [3.8, 4) is 5.75 Å². The Morgan fingerprint density at radius 1 is 1.07 bits per heavy atom. The molecule has 4 aliphatic carbocycles. The lowest BCUT2D eigenvalue weighted by atomic mass is 9.53. The zero-order valence-electron chi connectivity index (χ0n) is 16.6. The zero-order chi connectivity index (χ0) is 19.1. The predicted octanol–water partition coefficient (Wildman–Crippen LogP) is 5.59. The first kappa shape index (κ1) is 18.2. The molecule has 1 N–H and O–H groups in total. The Hall–Kier alpha value is -1.81. The molecule has 0 spiro atoms. The fraction of sp³-hybridized carbons (Fsp3) is 0.542. The van der Waals surface area contributed by atoms with Crippen LogP contribution >= 0.6 is 11.3 Å². The number of aryl methyl sites for hydroxylation is 1. The molecule has 1 heterocycles. The van der Waals surface area contributed by atoms with Crippen LogP contribution in [0.3, 0.4) is 0 Å². The van der Waals surface area contributed by atoms with Gasteiger partial charge in [-0.15, -0.1) is 11.3 Å². The number of hydrogen-bond donors (Lipinski definition) is 1. The van der Waals surface area contributed by atoms with E-state index in [0.717, 1.165) is 40.4 Å². The summed E-state index contributed by atoms with van der Waals surface area (Å²) in [4.78, 5) is 13.8. The SMILES string of the molecule is CCc1ccc(OCc2csc(C(=O)NC34CC5CC(CC(C5)C3)C4)c2)cc1. The first-order valence-corrected chi connectivity index (χ1v) is 11.6. The first-order chi connectivity index (χ1) is 13.6. The Kier molecular flexibility index (Phi) is 4.70. The first-order valence-electron chi connectivity index (χ1n) is 10.7. The van der Waals surface area contributed by atoms with Crippen molar-refractivity contribution in [3.05, 3.63) is 51.7 Å². The van der Waals surface area contributed by atoms with Gasteiger partial charge < -0.3 is 10.1 Å². The zero-order valence-corrected chi connectivity index (χ0v) is 17.4. The summed E-state index contributed by atoms with van der Waals surface area (Å²) in [5.41, 5.74) is 2.46. The standard InChI is InChI=1S/C24H29NO2S/c1-2-16-3-5-21(6-4-16)27-14-20-10-22(28-15-20)23(26)25-24-11-17-7-18(12-24)9-19(8-17)13-24/h3-6,10,15,17-19H,2,7-9,11-14H2,1H3,(H,25,26). The fourth-order valence-corrected chi connectivity index (χ4v) is 6.92. The number of hydrogen-bond acceptors (Lipinski definition) is 3. The summed E-state index contributed by atoms with van der Waals surface area (Å²) in [6.45, 7) is 2.66. The lowest BCUT2D eigenvalue weighted by molar-refractivity contribution is -0.0166. The molecule has 2 aromatic rings. The highest BCUT2D eigenvalue weighted by atomic mass is 32.1. The summed E-state index contributed by atoms with van der Waals surface area (Å²) in [5.74, 6) is 3.53. The number of nitrogens with one attached hydrogen (secondary N) is 1. The smallest absolute Gasteiger partial charge is 0.261 e. The molecule has 1 amide bonds. The van der Waals surface area contributed by atoms with Crippen molar-refractivity contribution < 1.29 is 9.53 Å². The maximum absolute atomic E-state index is 12.9. The van der Waals surface area contributed by atoms with Crippen molar-refractivity contribution in [2.75, 3.05) is 0 Å². The van der Waals surface area contributed by atoms with Crippen molar-refractivity contribution in [3.63, 3.8) is 0 Å². The van der Waals surface area contributed by atoms with Crippen LogP contribution < -0.4 is 10.1 Å². The normalized spacial score (nSPS) is 30.4. The molecule has 0 atom stereocenters. The molecule has 0 radical (unpaired) electrons. The van der Waals surface area contributed by atoms with Gasteiger partial charge >= 0.3 is 0 Å². The molecule has 4 heteroatoms. The predicted molar refractivity (Wildman–Crippen MR) is 113 cm³/mol. The number of rotatable bonds is 6. The lowest BCUT2D eigenvalue weighted by Crippen LogP contribution is -2.59. The Morgan fingerprint density at radius 2 is 1.71 bits per heavy atom. The minimum atomic E-state index is 0.0769. The largest absolute Gasteiger partial charge is 0.489 e. The van der Waals surface area contributed by atoms with Crippen LogP contribution in [0, 0.1) is 17.8 Å². The molecule has 148 valence electrons. The van der Waals surface area contributed by atoms with Crippen LogP contribution in [-0.4, -0.2) is 11.4 Å². The summed E-state index contributed by atoms with van der Waals surface area (Å²) in [5, 5.41) is 5.52. The molecular weight excluding hydrogens is 366 g/mol. The van der Waals surface area contributed by atoms with Crippen molar-refractivity contribution >= 4 is 17.2 Å². The highest BCUT2D eigenvalue weighted by Crippen LogP contribution is 2.55. The lowest BCUT2D eigenvalue weighted by Gasteiger charge is -2.56. The van der Waals surface area contributed by atoms with Crippen LogP contribution in [-0.2, 0) is 13.0 Å². The number of carbonyl (C=O) groups is 1. The van der Waals surface area contributed by atoms with E-state index in [1.165, 1.54) is 55.4 Å². The Balaban J connectivity index is 1.20. The van der Waals surface area contributed by atoms with Gasteiger partial charge in [0.1, 0.15) is 12.4 Å². The van der Waals surface area contributed by atoms with Gasteiger partial charge in [0, 0.05) is 11.1 Å². The molecule has 4 saturated carbocycles. The minimum absolute atomic E-state index is 0.0769. The Labute approximate surface area is 171 Å². The summed E-state index contributed by atoms with van der Waals surface area (Å²) >= 11 is 1.54. The minimum Gasteiger partial charge on any atom is -0.489 e. The summed E-state index contributed by atoms with van der Waals surface area (Å²) in [6, 6.07) is 10.2. The molecular formula is C24H29NO2S. The van der Waals surface area contributed by atoms with E-state index >= 15 is 0 Å². The van der Waals surface area contributed by atoms with E-state index in [2.05, 4.69) is 29.8 Å². The van der Waals surface area contributed by atoms with E-state index in [1.807, 2.05) is 18.2 Å². The van der Waals surface area contributed by atoms with Gasteiger partial charge in [-0.25, -0.2) is 0 Å². The average Bonchev–Trinajstić information content (AvgIpc) is 3.14. The highest BCUT2D eigenvalue weighted by molar-refractivity contribution is 7.12. The average molecular weight is 396 g/mol. The van der Waals surface area contributed by atoms with Crippen LogP contribution in [0.4, 0.5) is 0 Å². The van der Waals surface area contributed by atoms with Gasteiger partial charge in [0.25, 0.3) is 5.91 Å². The number of thiophene rings is 1. The van der Waals surface area contributed by atoms with Crippen LogP contribution in [0.5, 0.6) is 5.75 Å². The van der Waals surface area contributed by atoms with E-state index in [0.29, 0.717) is 6.61 Å². The topological polar surface area (TPSA) is 38.3 Å². The third kappa shape index (κ3) is 3.59. The number of carbonyl (C=O) groups excluding carboxylic acids is 1. The molecule has 6 rings (SSSR count). The quantitative estimate of drug-likeness (QED) is 0.692.